The first-order chi connectivity index (χ1) is 15.3. The number of carbonyl (C=O) groups is 5. The first kappa shape index (κ1) is 30.2. The monoisotopic (exact) mass is 822 g/mol. The Hall–Kier alpha value is -0.830. The number of aliphatic hydroxyl groups is 1. The molecule has 11 nitrogen and oxygen atoms in total. The lowest BCUT2D eigenvalue weighted by molar-refractivity contribution is -0.160. The van der Waals surface area contributed by atoms with Crippen LogP contribution in [-0.4, -0.2) is 70.2 Å². The number of hydrogen-bond acceptors (Lipinski definition) is 9. The number of benzene rings is 1. The van der Waals surface area contributed by atoms with Gasteiger partial charge in [-0.25, -0.2) is 8.18 Å². The van der Waals surface area contributed by atoms with Gasteiger partial charge in [-0.2, -0.15) is 0 Å². The van der Waals surface area contributed by atoms with Gasteiger partial charge >= 0.3 is 11.9 Å². The highest BCUT2D eigenvalue weighted by molar-refractivity contribution is 14.1. The number of nitrogens with zero attached hydrogens (tertiary/aromatic N) is 2. The summed E-state index contributed by atoms with van der Waals surface area (Å²) in [5, 5.41) is 18.5. The zero-order chi connectivity index (χ0) is 25.5. The number of hydroxylamine groups is 2. The molecule has 0 aliphatic heterocycles. The van der Waals surface area contributed by atoms with Gasteiger partial charge in [-0.15, -0.1) is 0 Å². The number of amides is 2. The summed E-state index contributed by atoms with van der Waals surface area (Å²) in [6.45, 7) is 1.20. The predicted octanol–water partition coefficient (Wildman–Crippen LogP) is 2.67. The van der Waals surface area contributed by atoms with Gasteiger partial charge in [0.05, 0.1) is 49.8 Å². The van der Waals surface area contributed by atoms with Gasteiger partial charge < -0.3 is 14.6 Å². The van der Waals surface area contributed by atoms with Crippen LogP contribution in [-0.2, 0) is 23.9 Å². The molecule has 2 N–H and O–H groups in total. The van der Waals surface area contributed by atoms with Crippen LogP contribution in [0.15, 0.2) is 6.07 Å². The van der Waals surface area contributed by atoms with Gasteiger partial charge in [0, 0.05) is 24.0 Å². The highest BCUT2D eigenvalue weighted by Gasteiger charge is 2.33. The number of anilines is 1. The number of carbonyl (C=O) groups excluding carboxylic acids is 5. The minimum Gasteiger partial charge on any atom is -0.461 e. The molecule has 0 saturated heterocycles. The molecule has 0 spiro atoms. The van der Waals surface area contributed by atoms with E-state index in [2.05, 4.69) is 0 Å². The Bertz CT molecular complexity index is 961. The van der Waals surface area contributed by atoms with Gasteiger partial charge in [0.1, 0.15) is 6.61 Å². The summed E-state index contributed by atoms with van der Waals surface area (Å²) in [6.07, 6.45) is -1.39. The van der Waals surface area contributed by atoms with E-state index in [1.54, 1.807) is 68.0 Å². The van der Waals surface area contributed by atoms with Crippen LogP contribution in [0.1, 0.15) is 41.0 Å². The number of hydrogen-bond donors (Lipinski definition) is 2. The molecule has 1 rings (SSSR count). The van der Waals surface area contributed by atoms with E-state index in [1.165, 1.54) is 6.07 Å². The highest BCUT2D eigenvalue weighted by atomic mass is 127. The molecule has 33 heavy (non-hydrogen) atoms. The molecule has 0 fully saturated rings. The fourth-order valence-corrected chi connectivity index (χ4v) is 6.12. The van der Waals surface area contributed by atoms with Crippen LogP contribution >= 0.6 is 79.6 Å². The summed E-state index contributed by atoms with van der Waals surface area (Å²) in [5.74, 6) is -3.20. The molecule has 182 valence electrons. The SMILES string of the molecule is CC(=O)OCC(OC(C)=O)C(=O)N(I)c1cc(C(=O)Cl)c(I)c(C(=O)N(O)CCCO)c1I. The first-order valence-electron chi connectivity index (χ1n) is 8.97. The summed E-state index contributed by atoms with van der Waals surface area (Å²) >= 11 is 10.7. The molecular weight excluding hydrogens is 804 g/mol. The maximum Gasteiger partial charge on any atom is 0.303 e. The molecule has 1 unspecified atom stereocenters. The van der Waals surface area contributed by atoms with E-state index in [1.807, 2.05) is 0 Å². The minimum atomic E-state index is -1.49. The van der Waals surface area contributed by atoms with E-state index >= 15 is 0 Å². The van der Waals surface area contributed by atoms with Gasteiger partial charge in [0.25, 0.3) is 17.1 Å². The van der Waals surface area contributed by atoms with E-state index in [4.69, 9.17) is 26.2 Å². The first-order valence-corrected chi connectivity index (χ1v) is 12.5. The zero-order valence-corrected chi connectivity index (χ0v) is 24.4. The summed E-state index contributed by atoms with van der Waals surface area (Å²) in [4.78, 5) is 60.5. The third kappa shape index (κ3) is 8.41. The Morgan fingerprint density at radius 1 is 1.12 bits per heavy atom. The van der Waals surface area contributed by atoms with Crippen molar-refractivity contribution in [3.05, 3.63) is 24.3 Å². The Morgan fingerprint density at radius 2 is 1.73 bits per heavy atom. The molecular formula is C18H18ClI3N2O9. The Balaban J connectivity index is 3.53. The van der Waals surface area contributed by atoms with Crippen molar-refractivity contribution >= 4 is 114 Å². The molecule has 1 aromatic carbocycles. The minimum absolute atomic E-state index is 0.0458. The van der Waals surface area contributed by atoms with Crippen molar-refractivity contribution < 1.29 is 43.8 Å². The van der Waals surface area contributed by atoms with Crippen LogP contribution in [0.2, 0.25) is 0 Å². The highest BCUT2D eigenvalue weighted by Crippen LogP contribution is 2.36. The second kappa shape index (κ2) is 13.9. The maximum absolute atomic E-state index is 13.0. The van der Waals surface area contributed by atoms with Gasteiger partial charge in [0.15, 0.2) is 0 Å². The molecule has 0 saturated carbocycles. The van der Waals surface area contributed by atoms with Crippen LogP contribution in [0.25, 0.3) is 0 Å². The van der Waals surface area contributed by atoms with Crippen molar-refractivity contribution in [3.8, 4) is 0 Å². The Morgan fingerprint density at radius 3 is 2.21 bits per heavy atom. The molecule has 0 aliphatic carbocycles. The molecule has 15 heteroatoms. The summed E-state index contributed by atoms with van der Waals surface area (Å²) in [7, 11) is 0. The van der Waals surface area contributed by atoms with Crippen molar-refractivity contribution in [1.29, 1.82) is 0 Å². The second-order valence-electron chi connectivity index (χ2n) is 6.25. The van der Waals surface area contributed by atoms with Gasteiger partial charge in [0.2, 0.25) is 6.10 Å². The van der Waals surface area contributed by atoms with Crippen LogP contribution in [0.5, 0.6) is 0 Å². The lowest BCUT2D eigenvalue weighted by Crippen LogP contribution is -2.40. The van der Waals surface area contributed by atoms with Crippen LogP contribution in [0.4, 0.5) is 5.69 Å². The molecule has 0 heterocycles. The summed E-state index contributed by atoms with van der Waals surface area (Å²) < 4.78 is 11.1. The third-order valence-corrected chi connectivity index (χ3v) is 7.21. The van der Waals surface area contributed by atoms with Crippen LogP contribution in [0, 0.1) is 7.14 Å². The number of esters is 2. The Labute approximate surface area is 234 Å². The standard InChI is InChI=1S/C18H18ClI3N2O9/c1-8(26)32-7-12(33-9(2)27)17(29)24(22)11-6-10(16(19)28)14(20)13(15(11)21)18(30)23(31)4-3-5-25/h6,12,25,31H,3-5,7H2,1-2H3. The second-order valence-corrected chi connectivity index (χ2v) is 9.71. The number of ether oxygens (including phenoxy) is 2. The van der Waals surface area contributed by atoms with E-state index in [0.29, 0.717) is 5.06 Å². The van der Waals surface area contributed by atoms with E-state index < -0.39 is 41.7 Å². The van der Waals surface area contributed by atoms with Crippen molar-refractivity contribution in [2.24, 2.45) is 0 Å². The zero-order valence-electron chi connectivity index (χ0n) is 17.1. The van der Waals surface area contributed by atoms with Gasteiger partial charge in [-0.05, 0) is 69.3 Å². The molecule has 0 bridgehead atoms. The van der Waals surface area contributed by atoms with Crippen LogP contribution in [0.3, 0.4) is 0 Å². The summed E-state index contributed by atoms with van der Waals surface area (Å²) in [6, 6.07) is 1.27. The van der Waals surface area contributed by atoms with E-state index in [-0.39, 0.29) is 43.5 Å². The molecule has 0 aromatic heterocycles. The largest absolute Gasteiger partial charge is 0.461 e. The fourth-order valence-electron chi connectivity index (χ4n) is 2.34. The number of rotatable bonds is 10. The molecule has 0 radical (unpaired) electrons. The number of halogens is 4. The molecule has 1 aromatic rings. The average molecular weight is 823 g/mol. The molecule has 1 atom stereocenters. The summed E-state index contributed by atoms with van der Waals surface area (Å²) in [5.41, 5.74) is -0.161. The smallest absolute Gasteiger partial charge is 0.303 e. The van der Waals surface area contributed by atoms with Crippen LogP contribution < -0.4 is 3.11 Å². The lowest BCUT2D eigenvalue weighted by Gasteiger charge is -2.25. The predicted molar refractivity (Wildman–Crippen MR) is 140 cm³/mol. The quantitative estimate of drug-likeness (QED) is 0.0908. The Kier molecular flexibility index (Phi) is 12.7. The van der Waals surface area contributed by atoms with Gasteiger partial charge in [-0.1, -0.05) is 0 Å². The normalized spacial score (nSPS) is 11.4. The fraction of sp³-hybridized carbons (Fsp3) is 0.389. The van der Waals surface area contributed by atoms with Crippen molar-refractivity contribution in [2.45, 2.75) is 26.4 Å². The molecule has 2 amide bonds. The number of aliphatic hydroxyl groups excluding tert-OH is 1. The van der Waals surface area contributed by atoms with E-state index in [0.717, 1.165) is 17.0 Å². The molecule has 0 aliphatic rings. The van der Waals surface area contributed by atoms with Crippen molar-refractivity contribution in [3.63, 3.8) is 0 Å². The lowest BCUT2D eigenvalue weighted by atomic mass is 10.1. The average Bonchev–Trinajstić information content (AvgIpc) is 2.73. The maximum atomic E-state index is 13.0. The van der Waals surface area contributed by atoms with Gasteiger partial charge in [-0.3, -0.25) is 29.2 Å². The van der Waals surface area contributed by atoms with Crippen molar-refractivity contribution in [2.75, 3.05) is 22.9 Å². The van der Waals surface area contributed by atoms with Crippen molar-refractivity contribution in [1.82, 2.24) is 5.06 Å². The topological polar surface area (TPSA) is 151 Å². The third-order valence-electron chi connectivity index (χ3n) is 3.80. The van der Waals surface area contributed by atoms with E-state index in [9.17, 15) is 29.2 Å².